The molecule has 2 heterocycles. The number of methoxy groups -OCH3 is 1. The molecule has 2 aromatic heterocycles. The molecule has 8 nitrogen and oxygen atoms in total. The Kier molecular flexibility index (Phi) is 6.15. The lowest BCUT2D eigenvalue weighted by Crippen LogP contribution is -2.15. The molecule has 10 heteroatoms. The van der Waals surface area contributed by atoms with E-state index in [0.717, 1.165) is 10.1 Å². The molecular formula is C21H16ClN3O5S. The lowest BCUT2D eigenvalue weighted by molar-refractivity contribution is -0.115. The third-order valence-corrected chi connectivity index (χ3v) is 5.91. The van der Waals surface area contributed by atoms with Crippen LogP contribution in [0.15, 0.2) is 53.1 Å². The van der Waals surface area contributed by atoms with Crippen molar-refractivity contribution in [1.29, 1.82) is 0 Å². The molecule has 4 rings (SSSR count). The molecule has 0 radical (unpaired) electrons. The minimum absolute atomic E-state index is 0.0747. The van der Waals surface area contributed by atoms with Gasteiger partial charge in [-0.2, -0.15) is 4.98 Å². The predicted octanol–water partition coefficient (Wildman–Crippen LogP) is 4.48. The molecule has 0 atom stereocenters. The number of carbonyl (C=O) groups excluding carboxylic acids is 2. The molecule has 31 heavy (non-hydrogen) atoms. The number of thiophene rings is 1. The number of amides is 1. The maximum Gasteiger partial charge on any atom is 0.350 e. The summed E-state index contributed by atoms with van der Waals surface area (Å²) >= 11 is 7.54. The van der Waals surface area contributed by atoms with E-state index in [1.807, 2.05) is 24.3 Å². The third-order valence-electron chi connectivity index (χ3n) is 4.26. The summed E-state index contributed by atoms with van der Waals surface area (Å²) < 4.78 is 16.4. The molecule has 158 valence electrons. The van der Waals surface area contributed by atoms with Crippen LogP contribution in [0.2, 0.25) is 5.02 Å². The Bertz CT molecular complexity index is 1250. The van der Waals surface area contributed by atoms with Crippen molar-refractivity contribution < 1.29 is 23.6 Å². The number of nitrogens with one attached hydrogen (secondary N) is 1. The molecule has 4 aromatic rings. The van der Waals surface area contributed by atoms with Gasteiger partial charge in [-0.05, 0) is 18.2 Å². The van der Waals surface area contributed by atoms with Gasteiger partial charge in [-0.15, -0.1) is 11.3 Å². The molecule has 1 amide bonds. The van der Waals surface area contributed by atoms with Gasteiger partial charge < -0.3 is 19.3 Å². The summed E-state index contributed by atoms with van der Waals surface area (Å²) in [5.74, 6) is -0.147. The van der Waals surface area contributed by atoms with Gasteiger partial charge in [0, 0.05) is 10.1 Å². The third kappa shape index (κ3) is 4.68. The first-order valence-electron chi connectivity index (χ1n) is 9.13. The SMILES string of the molecule is COc1ccccc1NC(=O)Cc1noc(COC(=O)c2sc3ccccc3c2Cl)n1. The van der Waals surface area contributed by atoms with Crippen molar-refractivity contribution in [1.82, 2.24) is 10.1 Å². The van der Waals surface area contributed by atoms with E-state index in [1.54, 1.807) is 24.3 Å². The van der Waals surface area contributed by atoms with Crippen LogP contribution in [0.1, 0.15) is 21.4 Å². The molecule has 0 bridgehead atoms. The lowest BCUT2D eigenvalue weighted by Gasteiger charge is -2.08. The van der Waals surface area contributed by atoms with Gasteiger partial charge in [0.1, 0.15) is 10.6 Å². The van der Waals surface area contributed by atoms with E-state index >= 15 is 0 Å². The molecule has 0 unspecified atom stereocenters. The standard InChI is InChI=1S/C21H16ClN3O5S/c1-28-14-8-4-3-7-13(14)23-17(26)10-16-24-18(30-25-16)11-29-21(27)20-19(22)12-6-2-5-9-15(12)31-20/h2-9H,10-11H2,1H3,(H,23,26). The number of nitrogens with zero attached hydrogens (tertiary/aromatic N) is 2. The molecule has 0 saturated carbocycles. The van der Waals surface area contributed by atoms with E-state index in [0.29, 0.717) is 21.3 Å². The van der Waals surface area contributed by atoms with E-state index < -0.39 is 5.97 Å². The number of rotatable bonds is 7. The fourth-order valence-electron chi connectivity index (χ4n) is 2.84. The number of ether oxygens (including phenoxy) is 2. The summed E-state index contributed by atoms with van der Waals surface area (Å²) in [7, 11) is 1.52. The monoisotopic (exact) mass is 457 g/mol. The van der Waals surface area contributed by atoms with Crippen LogP contribution < -0.4 is 10.1 Å². The number of hydrogen-bond donors (Lipinski definition) is 1. The highest BCUT2D eigenvalue weighted by Gasteiger charge is 2.20. The van der Waals surface area contributed by atoms with Gasteiger partial charge in [-0.1, -0.05) is 47.1 Å². The van der Waals surface area contributed by atoms with Gasteiger partial charge in [0.15, 0.2) is 12.4 Å². The molecule has 0 aliphatic carbocycles. The fourth-order valence-corrected chi connectivity index (χ4v) is 4.25. The smallest absolute Gasteiger partial charge is 0.350 e. The van der Waals surface area contributed by atoms with Crippen LogP contribution in [0.3, 0.4) is 0 Å². The Morgan fingerprint density at radius 1 is 1.16 bits per heavy atom. The van der Waals surface area contributed by atoms with E-state index in [4.69, 9.17) is 25.6 Å². The van der Waals surface area contributed by atoms with Gasteiger partial charge in [0.2, 0.25) is 5.91 Å². The quantitative estimate of drug-likeness (QED) is 0.408. The first kappa shape index (κ1) is 20.8. The Balaban J connectivity index is 1.35. The van der Waals surface area contributed by atoms with Crippen LogP contribution in [-0.2, 0) is 22.6 Å². The number of esters is 1. The van der Waals surface area contributed by atoms with Crippen molar-refractivity contribution in [2.45, 2.75) is 13.0 Å². The average Bonchev–Trinajstić information content (AvgIpc) is 3.36. The lowest BCUT2D eigenvalue weighted by atomic mass is 10.2. The van der Waals surface area contributed by atoms with E-state index in [1.165, 1.54) is 18.4 Å². The number of para-hydroxylation sites is 2. The topological polar surface area (TPSA) is 104 Å². The zero-order chi connectivity index (χ0) is 21.8. The first-order chi connectivity index (χ1) is 15.0. The van der Waals surface area contributed by atoms with Crippen LogP contribution in [0.5, 0.6) is 5.75 Å². The second-order valence-corrected chi connectivity index (χ2v) is 7.78. The van der Waals surface area contributed by atoms with Crippen LogP contribution in [-0.4, -0.2) is 29.1 Å². The molecule has 1 N–H and O–H groups in total. The summed E-state index contributed by atoms with van der Waals surface area (Å²) in [5.41, 5.74) is 0.535. The first-order valence-corrected chi connectivity index (χ1v) is 10.3. The molecule has 0 saturated heterocycles. The van der Waals surface area contributed by atoms with Crippen LogP contribution in [0, 0.1) is 0 Å². The Morgan fingerprint density at radius 3 is 2.74 bits per heavy atom. The summed E-state index contributed by atoms with van der Waals surface area (Å²) in [6, 6.07) is 14.5. The van der Waals surface area contributed by atoms with Crippen LogP contribution in [0.25, 0.3) is 10.1 Å². The van der Waals surface area contributed by atoms with Crippen molar-refractivity contribution in [2.75, 3.05) is 12.4 Å². The number of carbonyl (C=O) groups is 2. The Morgan fingerprint density at radius 2 is 1.94 bits per heavy atom. The van der Waals surface area contributed by atoms with Gasteiger partial charge in [-0.25, -0.2) is 4.79 Å². The molecular weight excluding hydrogens is 442 g/mol. The highest BCUT2D eigenvalue weighted by molar-refractivity contribution is 7.21. The van der Waals surface area contributed by atoms with Gasteiger partial charge >= 0.3 is 5.97 Å². The highest BCUT2D eigenvalue weighted by atomic mass is 35.5. The maximum atomic E-state index is 12.4. The number of benzene rings is 2. The normalized spacial score (nSPS) is 10.8. The van der Waals surface area contributed by atoms with E-state index in [9.17, 15) is 9.59 Å². The molecule has 0 aliphatic rings. The second kappa shape index (κ2) is 9.15. The minimum atomic E-state index is -0.583. The van der Waals surface area contributed by atoms with E-state index in [2.05, 4.69) is 15.5 Å². The minimum Gasteiger partial charge on any atom is -0.495 e. The Labute approximate surface area is 185 Å². The number of hydrogen-bond acceptors (Lipinski definition) is 8. The number of anilines is 1. The van der Waals surface area contributed by atoms with Crippen LogP contribution >= 0.6 is 22.9 Å². The molecule has 0 aliphatic heterocycles. The van der Waals surface area contributed by atoms with Crippen molar-refractivity contribution in [3.63, 3.8) is 0 Å². The van der Waals surface area contributed by atoms with E-state index in [-0.39, 0.29) is 30.7 Å². The second-order valence-electron chi connectivity index (χ2n) is 6.35. The molecule has 2 aromatic carbocycles. The summed E-state index contributed by atoms with van der Waals surface area (Å²) in [4.78, 5) is 29.0. The summed E-state index contributed by atoms with van der Waals surface area (Å²) in [6.07, 6.45) is -0.113. The van der Waals surface area contributed by atoms with Crippen molar-refractivity contribution in [3.05, 3.63) is 70.1 Å². The maximum absolute atomic E-state index is 12.4. The van der Waals surface area contributed by atoms with Gasteiger partial charge in [0.05, 0.1) is 24.2 Å². The number of fused-ring (bicyclic) bond motifs is 1. The largest absolute Gasteiger partial charge is 0.495 e. The van der Waals surface area contributed by atoms with Gasteiger partial charge in [0.25, 0.3) is 5.89 Å². The van der Waals surface area contributed by atoms with Crippen molar-refractivity contribution in [3.8, 4) is 5.75 Å². The van der Waals surface area contributed by atoms with Crippen molar-refractivity contribution in [2.24, 2.45) is 0 Å². The van der Waals surface area contributed by atoms with Crippen LogP contribution in [0.4, 0.5) is 5.69 Å². The summed E-state index contributed by atoms with van der Waals surface area (Å²) in [5, 5.41) is 7.62. The predicted molar refractivity (Wildman–Crippen MR) is 116 cm³/mol. The Hall–Kier alpha value is -3.43. The molecule has 0 spiro atoms. The number of halogens is 1. The number of aromatic nitrogens is 2. The summed E-state index contributed by atoms with van der Waals surface area (Å²) in [6.45, 7) is -0.232. The fraction of sp³-hybridized carbons (Fsp3) is 0.143. The zero-order valence-corrected chi connectivity index (χ0v) is 17.8. The molecule has 0 fully saturated rings. The average molecular weight is 458 g/mol. The van der Waals surface area contributed by atoms with Gasteiger partial charge in [-0.3, -0.25) is 4.79 Å². The highest BCUT2D eigenvalue weighted by Crippen LogP contribution is 2.35. The zero-order valence-electron chi connectivity index (χ0n) is 16.3. The van der Waals surface area contributed by atoms with Crippen molar-refractivity contribution >= 4 is 50.6 Å².